The fraction of sp³-hybridized carbons (Fsp3) is 0.923. The number of rotatable bonds is 8. The van der Waals surface area contributed by atoms with Crippen LogP contribution < -0.4 is 11.1 Å². The smallest absolute Gasteiger partial charge is 0.217 e. The molecule has 1 aliphatic heterocycles. The van der Waals surface area contributed by atoms with Crippen LogP contribution in [0.5, 0.6) is 0 Å². The molecule has 1 heterocycles. The Hall–Kier alpha value is -0.610. The first-order valence-electron chi connectivity index (χ1n) is 6.96. The van der Waals surface area contributed by atoms with Crippen molar-refractivity contribution >= 4 is 5.91 Å². The minimum absolute atomic E-state index is 0.183. The van der Waals surface area contributed by atoms with Gasteiger partial charge in [-0.05, 0) is 58.3 Å². The Morgan fingerprint density at radius 2 is 2.06 bits per heavy atom. The summed E-state index contributed by atoms with van der Waals surface area (Å²) in [6.45, 7) is 6.96. The maximum absolute atomic E-state index is 10.6. The van der Waals surface area contributed by atoms with E-state index in [0.29, 0.717) is 12.5 Å². The van der Waals surface area contributed by atoms with Crippen molar-refractivity contribution in [2.75, 3.05) is 26.2 Å². The zero-order valence-corrected chi connectivity index (χ0v) is 11.1. The predicted molar refractivity (Wildman–Crippen MR) is 70.8 cm³/mol. The Labute approximate surface area is 105 Å². The van der Waals surface area contributed by atoms with E-state index >= 15 is 0 Å². The number of likely N-dealkylation sites (tertiary alicyclic amines) is 1. The third-order valence-corrected chi connectivity index (χ3v) is 3.41. The number of carbonyl (C=O) groups is 1. The molecule has 0 saturated carbocycles. The first kappa shape index (κ1) is 14.5. The lowest BCUT2D eigenvalue weighted by atomic mass is 10.0. The molecule has 1 amide bonds. The molecule has 1 saturated heterocycles. The maximum atomic E-state index is 10.6. The Morgan fingerprint density at radius 1 is 1.35 bits per heavy atom. The average molecular weight is 241 g/mol. The maximum Gasteiger partial charge on any atom is 0.217 e. The van der Waals surface area contributed by atoms with Crippen molar-refractivity contribution in [3.05, 3.63) is 0 Å². The molecule has 100 valence electrons. The molecule has 0 atom stereocenters. The molecular formula is C13H27N3O. The molecule has 4 nitrogen and oxygen atoms in total. The lowest BCUT2D eigenvalue weighted by Crippen LogP contribution is -2.42. The molecule has 0 bridgehead atoms. The number of unbranched alkanes of at least 4 members (excludes halogenated alkanes) is 1. The van der Waals surface area contributed by atoms with Gasteiger partial charge >= 0.3 is 0 Å². The van der Waals surface area contributed by atoms with E-state index in [1.54, 1.807) is 0 Å². The van der Waals surface area contributed by atoms with Gasteiger partial charge in [0.1, 0.15) is 0 Å². The van der Waals surface area contributed by atoms with Crippen LogP contribution in [0.3, 0.4) is 0 Å². The quantitative estimate of drug-likeness (QED) is 0.626. The van der Waals surface area contributed by atoms with Gasteiger partial charge in [-0.25, -0.2) is 0 Å². The number of hydrogen-bond donors (Lipinski definition) is 2. The van der Waals surface area contributed by atoms with Crippen LogP contribution in [0.15, 0.2) is 0 Å². The molecule has 1 rings (SSSR count). The summed E-state index contributed by atoms with van der Waals surface area (Å²) in [5, 5.41) is 3.58. The molecule has 0 aromatic heterocycles. The van der Waals surface area contributed by atoms with E-state index in [4.69, 9.17) is 5.73 Å². The molecule has 0 aromatic carbocycles. The molecule has 1 fully saturated rings. The van der Waals surface area contributed by atoms with Gasteiger partial charge in [0.2, 0.25) is 5.91 Å². The zero-order valence-electron chi connectivity index (χ0n) is 11.1. The van der Waals surface area contributed by atoms with Crippen LogP contribution in [0.2, 0.25) is 0 Å². The van der Waals surface area contributed by atoms with Crippen LogP contribution in [-0.4, -0.2) is 43.0 Å². The van der Waals surface area contributed by atoms with E-state index in [0.717, 1.165) is 19.4 Å². The summed E-state index contributed by atoms with van der Waals surface area (Å²) in [6, 6.07) is 0.677. The number of nitrogens with one attached hydrogen (secondary N) is 1. The third-order valence-electron chi connectivity index (χ3n) is 3.41. The largest absolute Gasteiger partial charge is 0.370 e. The predicted octanol–water partition coefficient (Wildman–Crippen LogP) is 1.11. The van der Waals surface area contributed by atoms with Crippen LogP contribution in [0.4, 0.5) is 0 Å². The van der Waals surface area contributed by atoms with Gasteiger partial charge < -0.3 is 16.0 Å². The lowest BCUT2D eigenvalue weighted by molar-refractivity contribution is -0.118. The molecule has 0 aromatic rings. The molecule has 1 aliphatic rings. The number of carbonyl (C=O) groups excluding carboxylic acids is 1. The number of primary amides is 1. The van der Waals surface area contributed by atoms with E-state index in [1.807, 2.05) is 0 Å². The van der Waals surface area contributed by atoms with Crippen LogP contribution in [0.25, 0.3) is 0 Å². The zero-order chi connectivity index (χ0) is 12.5. The minimum atomic E-state index is -0.183. The van der Waals surface area contributed by atoms with Crippen molar-refractivity contribution in [1.29, 1.82) is 0 Å². The Kier molecular flexibility index (Phi) is 7.21. The highest BCUT2D eigenvalue weighted by molar-refractivity contribution is 5.73. The highest BCUT2D eigenvalue weighted by atomic mass is 16.1. The summed E-state index contributed by atoms with van der Waals surface area (Å²) >= 11 is 0. The molecule has 4 heteroatoms. The van der Waals surface area contributed by atoms with Gasteiger partial charge in [0, 0.05) is 12.5 Å². The van der Waals surface area contributed by atoms with E-state index in [2.05, 4.69) is 17.1 Å². The Balaban J connectivity index is 1.97. The fourth-order valence-corrected chi connectivity index (χ4v) is 2.41. The van der Waals surface area contributed by atoms with Crippen LogP contribution >= 0.6 is 0 Å². The van der Waals surface area contributed by atoms with Gasteiger partial charge in [-0.1, -0.05) is 6.92 Å². The highest BCUT2D eigenvalue weighted by Crippen LogP contribution is 2.10. The number of hydrogen-bond acceptors (Lipinski definition) is 3. The van der Waals surface area contributed by atoms with Crippen molar-refractivity contribution in [2.45, 2.75) is 51.5 Å². The monoisotopic (exact) mass is 241 g/mol. The van der Waals surface area contributed by atoms with Gasteiger partial charge in [-0.2, -0.15) is 0 Å². The van der Waals surface area contributed by atoms with Gasteiger partial charge in [0.25, 0.3) is 0 Å². The molecule has 17 heavy (non-hydrogen) atoms. The second-order valence-corrected chi connectivity index (χ2v) is 4.99. The summed E-state index contributed by atoms with van der Waals surface area (Å²) in [5.74, 6) is -0.183. The van der Waals surface area contributed by atoms with E-state index < -0.39 is 0 Å². The van der Waals surface area contributed by atoms with E-state index in [-0.39, 0.29) is 5.91 Å². The molecular weight excluding hydrogens is 214 g/mol. The molecule has 0 unspecified atom stereocenters. The normalized spacial score (nSPS) is 18.4. The first-order valence-corrected chi connectivity index (χ1v) is 6.96. The Morgan fingerprint density at radius 3 is 2.65 bits per heavy atom. The SMILES string of the molecule is CCCN1CCC(NCCCCC(N)=O)CC1. The van der Waals surface area contributed by atoms with Crippen molar-refractivity contribution in [2.24, 2.45) is 5.73 Å². The van der Waals surface area contributed by atoms with Crippen LogP contribution in [0, 0.1) is 0 Å². The van der Waals surface area contributed by atoms with Gasteiger partial charge in [-0.3, -0.25) is 4.79 Å². The fourth-order valence-electron chi connectivity index (χ4n) is 2.41. The van der Waals surface area contributed by atoms with Crippen molar-refractivity contribution < 1.29 is 4.79 Å². The van der Waals surface area contributed by atoms with Crippen molar-refractivity contribution in [1.82, 2.24) is 10.2 Å². The lowest BCUT2D eigenvalue weighted by Gasteiger charge is -2.32. The first-order chi connectivity index (χ1) is 8.22. The minimum Gasteiger partial charge on any atom is -0.370 e. The summed E-state index contributed by atoms with van der Waals surface area (Å²) in [6.07, 6.45) is 6.27. The molecule has 0 aliphatic carbocycles. The molecule has 0 radical (unpaired) electrons. The third kappa shape index (κ3) is 6.64. The number of nitrogens with zero attached hydrogens (tertiary/aromatic N) is 1. The van der Waals surface area contributed by atoms with Crippen LogP contribution in [0.1, 0.15) is 45.4 Å². The topological polar surface area (TPSA) is 58.4 Å². The van der Waals surface area contributed by atoms with E-state index in [9.17, 15) is 4.79 Å². The van der Waals surface area contributed by atoms with Crippen LogP contribution in [-0.2, 0) is 4.79 Å². The summed E-state index contributed by atoms with van der Waals surface area (Å²) in [7, 11) is 0. The summed E-state index contributed by atoms with van der Waals surface area (Å²) in [4.78, 5) is 13.1. The molecule has 0 spiro atoms. The number of nitrogens with two attached hydrogens (primary N) is 1. The van der Waals surface area contributed by atoms with Crippen molar-refractivity contribution in [3.63, 3.8) is 0 Å². The number of amides is 1. The average Bonchev–Trinajstić information content (AvgIpc) is 2.31. The van der Waals surface area contributed by atoms with E-state index in [1.165, 1.54) is 38.9 Å². The number of piperidine rings is 1. The second kappa shape index (κ2) is 8.48. The highest BCUT2D eigenvalue weighted by Gasteiger charge is 2.17. The summed E-state index contributed by atoms with van der Waals surface area (Å²) in [5.41, 5.74) is 5.10. The van der Waals surface area contributed by atoms with Gasteiger partial charge in [0.15, 0.2) is 0 Å². The standard InChI is InChI=1S/C13H27N3O/c1-2-9-16-10-6-12(7-11-16)15-8-4-3-5-13(14)17/h12,15H,2-11H2,1H3,(H2,14,17). The Bertz CT molecular complexity index is 213. The van der Waals surface area contributed by atoms with Gasteiger partial charge in [-0.15, -0.1) is 0 Å². The van der Waals surface area contributed by atoms with Crippen molar-refractivity contribution in [3.8, 4) is 0 Å². The second-order valence-electron chi connectivity index (χ2n) is 4.99. The van der Waals surface area contributed by atoms with Gasteiger partial charge in [0.05, 0.1) is 0 Å². The molecule has 3 N–H and O–H groups in total. The summed E-state index contributed by atoms with van der Waals surface area (Å²) < 4.78 is 0.